The van der Waals surface area contributed by atoms with Gasteiger partial charge >= 0.3 is 0 Å². The molecule has 90 valence electrons. The number of unbranched alkanes of at least 4 members (excludes halogenated alkanes) is 1. The van der Waals surface area contributed by atoms with Crippen LogP contribution < -0.4 is 0 Å². The zero-order valence-electron chi connectivity index (χ0n) is 10.4. The Morgan fingerprint density at radius 1 is 1.24 bits per heavy atom. The predicted molar refractivity (Wildman–Crippen MR) is 69.9 cm³/mol. The quantitative estimate of drug-likeness (QED) is 0.806. The molecule has 0 aliphatic carbocycles. The highest BCUT2D eigenvalue weighted by atomic mass is 15.2. The summed E-state index contributed by atoms with van der Waals surface area (Å²) in [7, 11) is 0. The van der Waals surface area contributed by atoms with Gasteiger partial charge in [0.05, 0.1) is 17.6 Å². The normalized spacial score (nSPS) is 16.3. The fourth-order valence-electron chi connectivity index (χ4n) is 2.59. The van der Waals surface area contributed by atoms with Crippen molar-refractivity contribution in [3.8, 4) is 0 Å². The topological polar surface area (TPSA) is 21.1 Å². The average molecular weight is 229 g/mol. The van der Waals surface area contributed by atoms with Gasteiger partial charge in [0, 0.05) is 13.1 Å². The fourth-order valence-corrected chi connectivity index (χ4v) is 2.59. The number of aromatic nitrogens is 2. The molecule has 0 saturated heterocycles. The summed E-state index contributed by atoms with van der Waals surface area (Å²) in [5.41, 5.74) is 2.43. The number of benzene rings is 1. The number of imidazole rings is 1. The van der Waals surface area contributed by atoms with Crippen LogP contribution in [0.25, 0.3) is 11.0 Å². The van der Waals surface area contributed by atoms with Crippen molar-refractivity contribution >= 4 is 11.0 Å². The van der Waals surface area contributed by atoms with Crippen molar-refractivity contribution in [2.75, 3.05) is 13.1 Å². The summed E-state index contributed by atoms with van der Waals surface area (Å²) < 4.78 is 2.37. The molecule has 0 radical (unpaired) electrons. The van der Waals surface area contributed by atoms with Crippen molar-refractivity contribution < 1.29 is 0 Å². The monoisotopic (exact) mass is 229 g/mol. The van der Waals surface area contributed by atoms with E-state index in [9.17, 15) is 0 Å². The van der Waals surface area contributed by atoms with E-state index in [1.807, 2.05) is 0 Å². The lowest BCUT2D eigenvalue weighted by molar-refractivity contribution is 0.216. The predicted octanol–water partition coefficient (Wildman–Crippen LogP) is 2.65. The molecule has 1 aromatic heterocycles. The lowest BCUT2D eigenvalue weighted by atomic mass is 10.2. The molecule has 2 aromatic rings. The fraction of sp³-hybridized carbons (Fsp3) is 0.500. The van der Waals surface area contributed by atoms with Crippen molar-refractivity contribution in [3.05, 3.63) is 30.1 Å². The van der Waals surface area contributed by atoms with Crippen LogP contribution in [-0.4, -0.2) is 27.5 Å². The Kier molecular flexibility index (Phi) is 2.85. The van der Waals surface area contributed by atoms with E-state index in [0.29, 0.717) is 0 Å². The summed E-state index contributed by atoms with van der Waals surface area (Å²) in [5.74, 6) is 1.23. The first-order valence-corrected chi connectivity index (χ1v) is 6.55. The van der Waals surface area contributed by atoms with E-state index < -0.39 is 0 Å². The second-order valence-corrected chi connectivity index (χ2v) is 4.80. The minimum absolute atomic E-state index is 1.01. The Hall–Kier alpha value is -1.35. The lowest BCUT2D eigenvalue weighted by Crippen LogP contribution is -2.34. The second-order valence-electron chi connectivity index (χ2n) is 4.80. The Morgan fingerprint density at radius 2 is 2.12 bits per heavy atom. The number of hydrogen-bond acceptors (Lipinski definition) is 2. The smallest absolute Gasteiger partial charge is 0.124 e. The van der Waals surface area contributed by atoms with Gasteiger partial charge in [-0.1, -0.05) is 25.5 Å². The second kappa shape index (κ2) is 4.49. The molecule has 2 heterocycles. The molecule has 3 nitrogen and oxygen atoms in total. The van der Waals surface area contributed by atoms with Crippen molar-refractivity contribution in [2.45, 2.75) is 32.9 Å². The van der Waals surface area contributed by atoms with Crippen molar-refractivity contribution in [2.24, 2.45) is 0 Å². The Morgan fingerprint density at radius 3 is 3.00 bits per heavy atom. The van der Waals surface area contributed by atoms with Gasteiger partial charge < -0.3 is 4.57 Å². The molecule has 0 saturated carbocycles. The molecule has 17 heavy (non-hydrogen) atoms. The molecule has 0 unspecified atom stereocenters. The highest BCUT2D eigenvalue weighted by Gasteiger charge is 2.18. The van der Waals surface area contributed by atoms with Crippen LogP contribution >= 0.6 is 0 Å². The largest absolute Gasteiger partial charge is 0.326 e. The van der Waals surface area contributed by atoms with E-state index in [-0.39, 0.29) is 0 Å². The van der Waals surface area contributed by atoms with Gasteiger partial charge in [0.25, 0.3) is 0 Å². The number of rotatable bonds is 3. The molecule has 0 amide bonds. The highest BCUT2D eigenvalue weighted by Crippen LogP contribution is 2.20. The van der Waals surface area contributed by atoms with Gasteiger partial charge in [-0.15, -0.1) is 0 Å². The summed E-state index contributed by atoms with van der Waals surface area (Å²) in [6.45, 7) is 6.71. The van der Waals surface area contributed by atoms with Gasteiger partial charge in [0.15, 0.2) is 0 Å². The van der Waals surface area contributed by atoms with Gasteiger partial charge in [-0.2, -0.15) is 0 Å². The molecule has 3 rings (SSSR count). The molecule has 0 fully saturated rings. The van der Waals surface area contributed by atoms with Crippen LogP contribution in [-0.2, 0) is 13.1 Å². The van der Waals surface area contributed by atoms with E-state index in [0.717, 1.165) is 25.2 Å². The summed E-state index contributed by atoms with van der Waals surface area (Å²) in [5, 5.41) is 0. The lowest BCUT2D eigenvalue weighted by Gasteiger charge is -2.27. The Bertz CT molecular complexity index is 515. The first-order chi connectivity index (χ1) is 8.38. The Labute approximate surface area is 102 Å². The minimum atomic E-state index is 1.01. The molecule has 1 aliphatic rings. The van der Waals surface area contributed by atoms with E-state index in [1.54, 1.807) is 0 Å². The van der Waals surface area contributed by atoms with Crippen molar-refractivity contribution in [3.63, 3.8) is 0 Å². The zero-order chi connectivity index (χ0) is 11.7. The summed E-state index contributed by atoms with van der Waals surface area (Å²) in [6.07, 6.45) is 2.56. The van der Waals surface area contributed by atoms with Crippen LogP contribution in [0.1, 0.15) is 25.6 Å². The maximum atomic E-state index is 4.73. The zero-order valence-corrected chi connectivity index (χ0v) is 10.4. The van der Waals surface area contributed by atoms with E-state index >= 15 is 0 Å². The van der Waals surface area contributed by atoms with Crippen LogP contribution in [0.15, 0.2) is 24.3 Å². The number of nitrogens with zero attached hydrogens (tertiary/aromatic N) is 3. The molecule has 0 N–H and O–H groups in total. The van der Waals surface area contributed by atoms with Crippen molar-refractivity contribution in [1.82, 2.24) is 14.5 Å². The minimum Gasteiger partial charge on any atom is -0.326 e. The molecule has 3 heteroatoms. The van der Waals surface area contributed by atoms with E-state index in [4.69, 9.17) is 4.98 Å². The maximum absolute atomic E-state index is 4.73. The number of para-hydroxylation sites is 2. The van der Waals surface area contributed by atoms with Gasteiger partial charge in [0.2, 0.25) is 0 Å². The van der Waals surface area contributed by atoms with Gasteiger partial charge in [-0.25, -0.2) is 4.98 Å². The molecular weight excluding hydrogens is 210 g/mol. The maximum Gasteiger partial charge on any atom is 0.124 e. The summed E-state index contributed by atoms with van der Waals surface area (Å²) in [4.78, 5) is 7.25. The number of hydrogen-bond donors (Lipinski definition) is 0. The first-order valence-electron chi connectivity index (χ1n) is 6.55. The molecule has 1 aromatic carbocycles. The molecule has 1 aliphatic heterocycles. The van der Waals surface area contributed by atoms with Gasteiger partial charge in [-0.3, -0.25) is 4.90 Å². The molecule has 0 atom stereocenters. The third-order valence-electron chi connectivity index (χ3n) is 3.57. The van der Waals surface area contributed by atoms with Crippen LogP contribution in [0.4, 0.5) is 0 Å². The summed E-state index contributed by atoms with van der Waals surface area (Å²) >= 11 is 0. The first kappa shape index (κ1) is 10.8. The standard InChI is InChI=1S/C14H19N3/c1-2-3-8-16-9-10-17-13-7-5-4-6-12(13)15-14(17)11-16/h4-7H,2-3,8-11H2,1H3. The van der Waals surface area contributed by atoms with E-state index in [2.05, 4.69) is 40.7 Å². The third kappa shape index (κ3) is 1.95. The van der Waals surface area contributed by atoms with Crippen LogP contribution in [0.2, 0.25) is 0 Å². The molecular formula is C14H19N3. The third-order valence-corrected chi connectivity index (χ3v) is 3.57. The molecule has 0 bridgehead atoms. The van der Waals surface area contributed by atoms with E-state index in [1.165, 1.54) is 30.7 Å². The average Bonchev–Trinajstić information content (AvgIpc) is 2.74. The van der Waals surface area contributed by atoms with Gasteiger partial charge in [0.1, 0.15) is 5.82 Å². The van der Waals surface area contributed by atoms with Crippen LogP contribution in [0.3, 0.4) is 0 Å². The van der Waals surface area contributed by atoms with Crippen LogP contribution in [0.5, 0.6) is 0 Å². The number of fused-ring (bicyclic) bond motifs is 3. The summed E-state index contributed by atoms with van der Waals surface area (Å²) in [6, 6.07) is 8.45. The SMILES string of the molecule is CCCCN1CCn2c(nc3ccccc32)C1. The highest BCUT2D eigenvalue weighted by molar-refractivity contribution is 5.75. The molecule has 0 spiro atoms. The Balaban J connectivity index is 1.87. The van der Waals surface area contributed by atoms with Crippen molar-refractivity contribution in [1.29, 1.82) is 0 Å². The van der Waals surface area contributed by atoms with Gasteiger partial charge in [-0.05, 0) is 25.1 Å². The van der Waals surface area contributed by atoms with Crippen LogP contribution in [0, 0.1) is 0 Å².